The van der Waals surface area contributed by atoms with Gasteiger partial charge in [0.2, 0.25) is 5.91 Å². The number of piperidine rings is 1. The van der Waals surface area contributed by atoms with E-state index in [4.69, 9.17) is 0 Å². The van der Waals surface area contributed by atoms with Gasteiger partial charge in [0.15, 0.2) is 0 Å². The lowest BCUT2D eigenvalue weighted by atomic mass is 10.00. The SMILES string of the molecule is CC(C)=CC(=O)NC1CC2CCC(C1)N2. The van der Waals surface area contributed by atoms with E-state index in [9.17, 15) is 4.79 Å². The fourth-order valence-electron chi connectivity index (χ4n) is 2.68. The lowest BCUT2D eigenvalue weighted by Crippen LogP contribution is -2.47. The molecule has 0 aliphatic carbocycles. The molecular formula is C12H20N2O. The van der Waals surface area contributed by atoms with E-state index in [1.807, 2.05) is 13.8 Å². The molecule has 2 aliphatic heterocycles. The van der Waals surface area contributed by atoms with E-state index in [2.05, 4.69) is 10.6 Å². The average molecular weight is 208 g/mol. The van der Waals surface area contributed by atoms with Crippen LogP contribution in [0.15, 0.2) is 11.6 Å². The van der Waals surface area contributed by atoms with E-state index in [0.717, 1.165) is 18.4 Å². The standard InChI is InChI=1S/C12H20N2O/c1-8(2)5-12(15)14-11-6-9-3-4-10(7-11)13-9/h5,9-11,13H,3-4,6-7H2,1-2H3,(H,14,15). The van der Waals surface area contributed by atoms with Crippen molar-refractivity contribution < 1.29 is 4.79 Å². The molecule has 0 aromatic heterocycles. The van der Waals surface area contributed by atoms with Gasteiger partial charge in [0.05, 0.1) is 0 Å². The van der Waals surface area contributed by atoms with Crippen molar-refractivity contribution in [1.29, 1.82) is 0 Å². The smallest absolute Gasteiger partial charge is 0.244 e. The molecule has 1 amide bonds. The molecule has 0 aromatic carbocycles. The molecule has 0 saturated carbocycles. The average Bonchev–Trinajstić information content (AvgIpc) is 2.44. The van der Waals surface area contributed by atoms with E-state index in [1.54, 1.807) is 6.08 Å². The molecule has 2 N–H and O–H groups in total. The first-order chi connectivity index (χ1) is 7.13. The molecule has 2 unspecified atom stereocenters. The maximum absolute atomic E-state index is 11.5. The third kappa shape index (κ3) is 2.81. The van der Waals surface area contributed by atoms with Crippen LogP contribution in [-0.2, 0) is 4.79 Å². The van der Waals surface area contributed by atoms with Crippen LogP contribution in [0.3, 0.4) is 0 Å². The van der Waals surface area contributed by atoms with Crippen molar-refractivity contribution in [3.63, 3.8) is 0 Å². The molecule has 2 rings (SSSR count). The number of fused-ring (bicyclic) bond motifs is 2. The van der Waals surface area contributed by atoms with Gasteiger partial charge in [-0.15, -0.1) is 0 Å². The minimum Gasteiger partial charge on any atom is -0.350 e. The zero-order chi connectivity index (χ0) is 10.8. The van der Waals surface area contributed by atoms with Crippen molar-refractivity contribution in [3.8, 4) is 0 Å². The molecular weight excluding hydrogens is 188 g/mol. The van der Waals surface area contributed by atoms with E-state index >= 15 is 0 Å². The molecule has 84 valence electrons. The number of rotatable bonds is 2. The van der Waals surface area contributed by atoms with Crippen molar-refractivity contribution >= 4 is 5.91 Å². The Hall–Kier alpha value is -0.830. The van der Waals surface area contributed by atoms with E-state index < -0.39 is 0 Å². The second kappa shape index (κ2) is 4.35. The van der Waals surface area contributed by atoms with Crippen LogP contribution in [0.1, 0.15) is 39.5 Å². The predicted octanol–water partition coefficient (Wildman–Crippen LogP) is 1.35. The maximum Gasteiger partial charge on any atom is 0.244 e. The molecule has 3 heteroatoms. The summed E-state index contributed by atoms with van der Waals surface area (Å²) in [5.41, 5.74) is 1.06. The van der Waals surface area contributed by atoms with Gasteiger partial charge in [-0.3, -0.25) is 4.79 Å². The summed E-state index contributed by atoms with van der Waals surface area (Å²) >= 11 is 0. The number of hydrogen-bond acceptors (Lipinski definition) is 2. The second-order valence-electron chi connectivity index (χ2n) is 5.04. The van der Waals surface area contributed by atoms with Crippen molar-refractivity contribution in [3.05, 3.63) is 11.6 Å². The summed E-state index contributed by atoms with van der Waals surface area (Å²) in [6.07, 6.45) is 6.43. The fourth-order valence-corrected chi connectivity index (χ4v) is 2.68. The van der Waals surface area contributed by atoms with Gasteiger partial charge in [0, 0.05) is 24.2 Å². The number of hydrogen-bond donors (Lipinski definition) is 2. The summed E-state index contributed by atoms with van der Waals surface area (Å²) in [5.74, 6) is 0.0706. The summed E-state index contributed by atoms with van der Waals surface area (Å²) < 4.78 is 0. The van der Waals surface area contributed by atoms with E-state index in [0.29, 0.717) is 18.1 Å². The van der Waals surface area contributed by atoms with Crippen LogP contribution < -0.4 is 10.6 Å². The Morgan fingerprint density at radius 2 is 1.87 bits per heavy atom. The number of nitrogens with one attached hydrogen (secondary N) is 2. The van der Waals surface area contributed by atoms with Crippen LogP contribution in [0.25, 0.3) is 0 Å². The molecule has 15 heavy (non-hydrogen) atoms. The predicted molar refractivity (Wildman–Crippen MR) is 60.5 cm³/mol. The summed E-state index contributed by atoms with van der Waals surface area (Å²) in [6.45, 7) is 3.90. The molecule has 2 atom stereocenters. The molecule has 0 radical (unpaired) electrons. The molecule has 0 spiro atoms. The first-order valence-corrected chi connectivity index (χ1v) is 5.85. The van der Waals surface area contributed by atoms with Crippen molar-refractivity contribution in [2.75, 3.05) is 0 Å². The summed E-state index contributed by atoms with van der Waals surface area (Å²) in [5, 5.41) is 6.66. The van der Waals surface area contributed by atoms with Crippen LogP contribution in [0.4, 0.5) is 0 Å². The van der Waals surface area contributed by atoms with Gasteiger partial charge in [-0.05, 0) is 39.5 Å². The van der Waals surface area contributed by atoms with Crippen molar-refractivity contribution in [2.45, 2.75) is 57.7 Å². The molecule has 2 fully saturated rings. The third-order valence-electron chi connectivity index (χ3n) is 3.24. The van der Waals surface area contributed by atoms with Crippen molar-refractivity contribution in [1.82, 2.24) is 10.6 Å². The molecule has 3 nitrogen and oxygen atoms in total. The number of carbonyl (C=O) groups excluding carboxylic acids is 1. The Morgan fingerprint density at radius 1 is 1.27 bits per heavy atom. The topological polar surface area (TPSA) is 41.1 Å². The highest BCUT2D eigenvalue weighted by Gasteiger charge is 2.33. The van der Waals surface area contributed by atoms with Crippen LogP contribution in [-0.4, -0.2) is 24.0 Å². The largest absolute Gasteiger partial charge is 0.350 e. The van der Waals surface area contributed by atoms with Gasteiger partial charge in [-0.1, -0.05) is 5.57 Å². The first kappa shape index (κ1) is 10.7. The van der Waals surface area contributed by atoms with Gasteiger partial charge in [0.25, 0.3) is 0 Å². The highest BCUT2D eigenvalue weighted by molar-refractivity contribution is 5.88. The van der Waals surface area contributed by atoms with Crippen LogP contribution in [0, 0.1) is 0 Å². The zero-order valence-corrected chi connectivity index (χ0v) is 9.55. The molecule has 0 aromatic rings. The summed E-state index contributed by atoms with van der Waals surface area (Å²) in [6, 6.07) is 1.66. The molecule has 2 saturated heterocycles. The maximum atomic E-state index is 11.5. The summed E-state index contributed by atoms with van der Waals surface area (Å²) in [4.78, 5) is 11.5. The quantitative estimate of drug-likeness (QED) is 0.673. The second-order valence-corrected chi connectivity index (χ2v) is 5.04. The lowest BCUT2D eigenvalue weighted by molar-refractivity contribution is -0.117. The van der Waals surface area contributed by atoms with Crippen LogP contribution in [0.5, 0.6) is 0 Å². The van der Waals surface area contributed by atoms with Gasteiger partial charge < -0.3 is 10.6 Å². The number of carbonyl (C=O) groups is 1. The van der Waals surface area contributed by atoms with Crippen molar-refractivity contribution in [2.24, 2.45) is 0 Å². The first-order valence-electron chi connectivity index (χ1n) is 5.85. The third-order valence-corrected chi connectivity index (χ3v) is 3.24. The Labute approximate surface area is 91.3 Å². The normalized spacial score (nSPS) is 33.6. The Morgan fingerprint density at radius 3 is 2.40 bits per heavy atom. The Balaban J connectivity index is 1.85. The summed E-state index contributed by atoms with van der Waals surface area (Å²) in [7, 11) is 0. The Bertz CT molecular complexity index is 269. The van der Waals surface area contributed by atoms with Crippen LogP contribution in [0.2, 0.25) is 0 Å². The minimum atomic E-state index is 0.0706. The molecule has 2 bridgehead atoms. The van der Waals surface area contributed by atoms with E-state index in [1.165, 1.54) is 12.8 Å². The fraction of sp³-hybridized carbons (Fsp3) is 0.750. The number of amides is 1. The van der Waals surface area contributed by atoms with Gasteiger partial charge in [-0.2, -0.15) is 0 Å². The molecule has 2 heterocycles. The monoisotopic (exact) mass is 208 g/mol. The molecule has 2 aliphatic rings. The van der Waals surface area contributed by atoms with Crippen LogP contribution >= 0.6 is 0 Å². The Kier molecular flexibility index (Phi) is 3.10. The number of allylic oxidation sites excluding steroid dienone is 1. The zero-order valence-electron chi connectivity index (χ0n) is 9.55. The highest BCUT2D eigenvalue weighted by atomic mass is 16.1. The van der Waals surface area contributed by atoms with Gasteiger partial charge in [-0.25, -0.2) is 0 Å². The van der Waals surface area contributed by atoms with Gasteiger partial charge in [0.1, 0.15) is 0 Å². The highest BCUT2D eigenvalue weighted by Crippen LogP contribution is 2.26. The lowest BCUT2D eigenvalue weighted by Gasteiger charge is -2.29. The van der Waals surface area contributed by atoms with Gasteiger partial charge >= 0.3 is 0 Å². The van der Waals surface area contributed by atoms with E-state index in [-0.39, 0.29) is 5.91 Å². The minimum absolute atomic E-state index is 0.0706.